The molecule has 0 saturated carbocycles. The van der Waals surface area contributed by atoms with Crippen molar-refractivity contribution >= 4 is 12.1 Å². The van der Waals surface area contributed by atoms with Crippen molar-refractivity contribution in [2.75, 3.05) is 27.4 Å². The molecule has 0 saturated heterocycles. The molecule has 0 spiro atoms. The summed E-state index contributed by atoms with van der Waals surface area (Å²) in [7, 11) is 3.21. The van der Waals surface area contributed by atoms with E-state index in [1.54, 1.807) is 50.8 Å². The molecule has 0 aliphatic heterocycles. The first kappa shape index (κ1) is 22.7. The van der Waals surface area contributed by atoms with Crippen molar-refractivity contribution in [3.05, 3.63) is 83.9 Å². The highest BCUT2D eigenvalue weighted by Crippen LogP contribution is 2.27. The van der Waals surface area contributed by atoms with Crippen molar-refractivity contribution in [1.82, 2.24) is 5.43 Å². The van der Waals surface area contributed by atoms with E-state index in [1.165, 1.54) is 0 Å². The standard InChI is InChI=1S/C25H26N2O5/c1-29-21-10-12-22(13-11-21)31-15-6-16-32-23-14-9-19(17-24(23)30-2)18-26-27-25(28)20-7-4-3-5-8-20/h3-5,7-14,17-18H,6,15-16H2,1-2H3,(H,27,28)/b26-18+. The van der Waals surface area contributed by atoms with E-state index in [4.69, 9.17) is 18.9 Å². The average Bonchev–Trinajstić information content (AvgIpc) is 2.85. The number of benzene rings is 3. The highest BCUT2D eigenvalue weighted by Gasteiger charge is 2.06. The number of hydrogen-bond acceptors (Lipinski definition) is 6. The maximum absolute atomic E-state index is 12.0. The molecule has 3 rings (SSSR count). The van der Waals surface area contributed by atoms with E-state index in [1.807, 2.05) is 42.5 Å². The van der Waals surface area contributed by atoms with E-state index >= 15 is 0 Å². The van der Waals surface area contributed by atoms with Crippen molar-refractivity contribution in [1.29, 1.82) is 0 Å². The van der Waals surface area contributed by atoms with E-state index in [-0.39, 0.29) is 5.91 Å². The van der Waals surface area contributed by atoms with E-state index in [2.05, 4.69) is 10.5 Å². The summed E-state index contributed by atoms with van der Waals surface area (Å²) in [6, 6.07) is 21.8. The molecule has 0 aliphatic carbocycles. The number of amides is 1. The molecular formula is C25H26N2O5. The molecule has 0 bridgehead atoms. The van der Waals surface area contributed by atoms with Crippen molar-refractivity contribution in [2.24, 2.45) is 5.10 Å². The molecule has 0 aromatic heterocycles. The van der Waals surface area contributed by atoms with E-state index < -0.39 is 0 Å². The summed E-state index contributed by atoms with van der Waals surface area (Å²) in [6.07, 6.45) is 2.26. The molecular weight excluding hydrogens is 408 g/mol. The number of carbonyl (C=O) groups is 1. The van der Waals surface area contributed by atoms with Crippen LogP contribution in [0.15, 0.2) is 77.9 Å². The Hall–Kier alpha value is -4.00. The lowest BCUT2D eigenvalue weighted by Crippen LogP contribution is -2.17. The fraction of sp³-hybridized carbons (Fsp3) is 0.200. The molecule has 7 heteroatoms. The van der Waals surface area contributed by atoms with Crippen LogP contribution in [0.5, 0.6) is 23.0 Å². The first-order valence-electron chi connectivity index (χ1n) is 10.2. The second-order valence-electron chi connectivity index (χ2n) is 6.70. The molecule has 0 atom stereocenters. The molecule has 0 fully saturated rings. The smallest absolute Gasteiger partial charge is 0.271 e. The van der Waals surface area contributed by atoms with Gasteiger partial charge in [-0.3, -0.25) is 4.79 Å². The van der Waals surface area contributed by atoms with E-state index in [9.17, 15) is 4.79 Å². The van der Waals surface area contributed by atoms with Gasteiger partial charge in [-0.05, 0) is 60.2 Å². The zero-order valence-electron chi connectivity index (χ0n) is 18.1. The largest absolute Gasteiger partial charge is 0.497 e. The molecule has 1 amide bonds. The van der Waals surface area contributed by atoms with Crippen molar-refractivity contribution in [3.8, 4) is 23.0 Å². The van der Waals surface area contributed by atoms with Gasteiger partial charge in [0.05, 0.1) is 33.6 Å². The lowest BCUT2D eigenvalue weighted by atomic mass is 10.2. The third-order valence-corrected chi connectivity index (χ3v) is 4.48. The van der Waals surface area contributed by atoms with Gasteiger partial charge in [-0.25, -0.2) is 5.43 Å². The monoisotopic (exact) mass is 434 g/mol. The van der Waals surface area contributed by atoms with Gasteiger partial charge in [-0.1, -0.05) is 18.2 Å². The van der Waals surface area contributed by atoms with E-state index in [0.29, 0.717) is 36.7 Å². The van der Waals surface area contributed by atoms with Crippen LogP contribution in [-0.2, 0) is 0 Å². The van der Waals surface area contributed by atoms with Gasteiger partial charge in [0.15, 0.2) is 11.5 Å². The van der Waals surface area contributed by atoms with Crippen LogP contribution in [0.3, 0.4) is 0 Å². The average molecular weight is 434 g/mol. The Kier molecular flexibility index (Phi) is 8.50. The summed E-state index contributed by atoms with van der Waals surface area (Å²) in [5.74, 6) is 2.51. The SMILES string of the molecule is COc1ccc(OCCCOc2ccc(/C=N/NC(=O)c3ccccc3)cc2OC)cc1. The zero-order chi connectivity index (χ0) is 22.6. The minimum absolute atomic E-state index is 0.273. The molecule has 0 unspecified atom stereocenters. The van der Waals surface area contributed by atoms with Crippen LogP contribution < -0.4 is 24.4 Å². The molecule has 3 aromatic rings. The Morgan fingerprint density at radius 2 is 1.56 bits per heavy atom. The number of rotatable bonds is 11. The third-order valence-electron chi connectivity index (χ3n) is 4.48. The van der Waals surface area contributed by atoms with Gasteiger partial charge in [-0.15, -0.1) is 0 Å². The highest BCUT2D eigenvalue weighted by molar-refractivity contribution is 5.94. The number of hydrazone groups is 1. The predicted octanol–water partition coefficient (Wildman–Crippen LogP) is 4.32. The Balaban J connectivity index is 1.45. The topological polar surface area (TPSA) is 78.4 Å². The van der Waals surface area contributed by atoms with Gasteiger partial charge in [0, 0.05) is 12.0 Å². The Morgan fingerprint density at radius 1 is 0.844 bits per heavy atom. The van der Waals surface area contributed by atoms with Gasteiger partial charge in [0.2, 0.25) is 0 Å². The number of nitrogens with zero attached hydrogens (tertiary/aromatic N) is 1. The summed E-state index contributed by atoms with van der Waals surface area (Å²) in [4.78, 5) is 12.0. The van der Waals surface area contributed by atoms with Crippen LogP contribution in [0, 0.1) is 0 Å². The minimum atomic E-state index is -0.273. The second-order valence-corrected chi connectivity index (χ2v) is 6.70. The number of carbonyl (C=O) groups excluding carboxylic acids is 1. The Labute approximate surface area is 187 Å². The lowest BCUT2D eigenvalue weighted by Gasteiger charge is -2.12. The summed E-state index contributed by atoms with van der Waals surface area (Å²) in [5, 5.41) is 4.00. The van der Waals surface area contributed by atoms with Gasteiger partial charge < -0.3 is 18.9 Å². The maximum atomic E-state index is 12.0. The summed E-state index contributed by atoms with van der Waals surface area (Å²) in [6.45, 7) is 1.01. The van der Waals surface area contributed by atoms with Gasteiger partial charge in [0.1, 0.15) is 11.5 Å². The van der Waals surface area contributed by atoms with Crippen LogP contribution in [0.25, 0.3) is 0 Å². The van der Waals surface area contributed by atoms with Crippen molar-refractivity contribution < 1.29 is 23.7 Å². The van der Waals surface area contributed by atoms with Crippen LogP contribution in [0.2, 0.25) is 0 Å². The molecule has 7 nitrogen and oxygen atoms in total. The highest BCUT2D eigenvalue weighted by atomic mass is 16.5. The molecule has 0 radical (unpaired) electrons. The van der Waals surface area contributed by atoms with Crippen LogP contribution >= 0.6 is 0 Å². The Morgan fingerprint density at radius 3 is 2.28 bits per heavy atom. The molecule has 1 N–H and O–H groups in total. The number of hydrogen-bond donors (Lipinski definition) is 1. The fourth-order valence-electron chi connectivity index (χ4n) is 2.81. The normalized spacial score (nSPS) is 10.6. The van der Waals surface area contributed by atoms with Gasteiger partial charge in [0.25, 0.3) is 5.91 Å². The number of ether oxygens (including phenoxy) is 4. The first-order valence-corrected chi connectivity index (χ1v) is 10.2. The predicted molar refractivity (Wildman–Crippen MR) is 123 cm³/mol. The lowest BCUT2D eigenvalue weighted by molar-refractivity contribution is 0.0955. The molecule has 0 aliphatic rings. The summed E-state index contributed by atoms with van der Waals surface area (Å²) in [5.41, 5.74) is 3.82. The van der Waals surface area contributed by atoms with Crippen LogP contribution in [0.1, 0.15) is 22.3 Å². The first-order chi connectivity index (χ1) is 15.7. The molecule has 32 heavy (non-hydrogen) atoms. The summed E-state index contributed by atoms with van der Waals surface area (Å²) < 4.78 is 22.1. The molecule has 166 valence electrons. The zero-order valence-corrected chi connectivity index (χ0v) is 18.1. The van der Waals surface area contributed by atoms with Crippen molar-refractivity contribution in [2.45, 2.75) is 6.42 Å². The van der Waals surface area contributed by atoms with Crippen LogP contribution in [-0.4, -0.2) is 39.6 Å². The van der Waals surface area contributed by atoms with Crippen LogP contribution in [0.4, 0.5) is 0 Å². The quantitative estimate of drug-likeness (QED) is 0.276. The van der Waals surface area contributed by atoms with E-state index in [0.717, 1.165) is 17.1 Å². The molecule has 0 heterocycles. The molecule has 3 aromatic carbocycles. The number of nitrogens with one attached hydrogen (secondary N) is 1. The second kappa shape index (κ2) is 12.0. The minimum Gasteiger partial charge on any atom is -0.497 e. The fourth-order valence-corrected chi connectivity index (χ4v) is 2.81. The maximum Gasteiger partial charge on any atom is 0.271 e. The Bertz CT molecular complexity index is 1020. The third kappa shape index (κ3) is 6.77. The summed E-state index contributed by atoms with van der Waals surface area (Å²) >= 11 is 0. The van der Waals surface area contributed by atoms with Gasteiger partial charge >= 0.3 is 0 Å². The number of methoxy groups -OCH3 is 2. The van der Waals surface area contributed by atoms with Gasteiger partial charge in [-0.2, -0.15) is 5.10 Å². The van der Waals surface area contributed by atoms with Crippen molar-refractivity contribution in [3.63, 3.8) is 0 Å².